The maximum atomic E-state index is 2.66. The average Bonchev–Trinajstić information content (AvgIpc) is 4.12. The number of rotatable bonds is 2. The number of benzene rings is 8. The Hall–Kier alpha value is -6.88. The van der Waals surface area contributed by atoms with Gasteiger partial charge in [-0.3, -0.25) is 0 Å². The van der Waals surface area contributed by atoms with E-state index in [1.807, 2.05) is 11.3 Å². The highest BCUT2D eigenvalue weighted by Crippen LogP contribution is 2.51. The van der Waals surface area contributed by atoms with E-state index in [4.69, 9.17) is 0 Å². The summed E-state index contributed by atoms with van der Waals surface area (Å²) in [6.07, 6.45) is 0. The van der Waals surface area contributed by atoms with Crippen molar-refractivity contribution in [3.63, 3.8) is 0 Å². The summed E-state index contributed by atoms with van der Waals surface area (Å²) in [5, 5.41) is 13.2. The van der Waals surface area contributed by atoms with Gasteiger partial charge in [0.15, 0.2) is 0 Å². The first-order valence-corrected chi connectivity index (χ1v) is 24.4. The molecular formula is C62H51N3S. The molecule has 8 aromatic carbocycles. The predicted molar refractivity (Wildman–Crippen MR) is 287 cm³/mol. The molecule has 14 rings (SSSR count). The van der Waals surface area contributed by atoms with Gasteiger partial charge in [-0.15, -0.1) is 11.3 Å². The van der Waals surface area contributed by atoms with E-state index >= 15 is 0 Å². The van der Waals surface area contributed by atoms with Crippen LogP contribution in [0.25, 0.3) is 124 Å². The molecule has 0 saturated heterocycles. The molecule has 14 aromatic rings. The van der Waals surface area contributed by atoms with Crippen molar-refractivity contribution in [3.8, 4) is 16.8 Å². The fraction of sp³-hybridized carbons (Fsp3) is 0.194. The fourth-order valence-corrected chi connectivity index (χ4v) is 12.9. The molecule has 0 fully saturated rings. The molecule has 0 bridgehead atoms. The third-order valence-electron chi connectivity index (χ3n) is 15.1. The van der Waals surface area contributed by atoms with Crippen LogP contribution in [0.1, 0.15) is 79.0 Å². The standard InChI is InChI=1S/C62H51N3S/c1-60(2,3)35-26-41(34-23-24-51-42(25-34)39-19-13-15-21-50(39)63(51)38-17-11-10-12-18-38)55-47(29-35)48-30-36(61(4,5)6)27-45-43-32-44-46-28-37(62(7,8)9)31-49-57(46)65(53(44)33-52(43)64(55)56(45)48)58-40-20-14-16-22-54(40)66-59(49)58/h10-33H,1-9H3. The van der Waals surface area contributed by atoms with Crippen molar-refractivity contribution < 1.29 is 0 Å². The first-order chi connectivity index (χ1) is 31.6. The average molecular weight is 870 g/mol. The normalized spacial score (nSPS) is 13.5. The molecule has 6 heterocycles. The first kappa shape index (κ1) is 38.4. The fourth-order valence-electron chi connectivity index (χ4n) is 11.7. The van der Waals surface area contributed by atoms with E-state index in [-0.39, 0.29) is 16.2 Å². The zero-order valence-corrected chi connectivity index (χ0v) is 39.9. The zero-order chi connectivity index (χ0) is 44.9. The Labute approximate surface area is 387 Å². The van der Waals surface area contributed by atoms with Crippen LogP contribution in [0.5, 0.6) is 0 Å². The lowest BCUT2D eigenvalue weighted by atomic mass is 9.83. The molecule has 320 valence electrons. The lowest BCUT2D eigenvalue weighted by Crippen LogP contribution is -2.11. The van der Waals surface area contributed by atoms with Crippen LogP contribution in [0, 0.1) is 0 Å². The summed E-state index contributed by atoms with van der Waals surface area (Å²) >= 11 is 1.94. The van der Waals surface area contributed by atoms with Crippen molar-refractivity contribution in [2.24, 2.45) is 0 Å². The summed E-state index contributed by atoms with van der Waals surface area (Å²) in [6, 6.07) is 56.1. The summed E-state index contributed by atoms with van der Waals surface area (Å²) in [5.41, 5.74) is 17.9. The topological polar surface area (TPSA) is 13.8 Å². The van der Waals surface area contributed by atoms with Gasteiger partial charge in [0.2, 0.25) is 0 Å². The molecule has 0 atom stereocenters. The van der Waals surface area contributed by atoms with Crippen molar-refractivity contribution in [3.05, 3.63) is 162 Å². The maximum absolute atomic E-state index is 2.66. The monoisotopic (exact) mass is 869 g/mol. The smallest absolute Gasteiger partial charge is 0.0728 e. The lowest BCUT2D eigenvalue weighted by molar-refractivity contribution is 0.591. The summed E-state index contributed by atoms with van der Waals surface area (Å²) in [6.45, 7) is 21.2. The van der Waals surface area contributed by atoms with Crippen molar-refractivity contribution in [1.82, 2.24) is 13.4 Å². The second-order valence-electron chi connectivity index (χ2n) is 22.3. The van der Waals surface area contributed by atoms with Gasteiger partial charge in [-0.2, -0.15) is 0 Å². The molecule has 0 aliphatic heterocycles. The minimum Gasteiger partial charge on any atom is -0.309 e. The third-order valence-corrected chi connectivity index (χ3v) is 16.3. The molecule has 0 spiro atoms. The Morgan fingerprint density at radius 2 is 0.848 bits per heavy atom. The number of nitrogens with zero attached hydrogens (tertiary/aromatic N) is 3. The van der Waals surface area contributed by atoms with Gasteiger partial charge in [-0.1, -0.05) is 123 Å². The van der Waals surface area contributed by atoms with Crippen LogP contribution in [0.2, 0.25) is 0 Å². The largest absolute Gasteiger partial charge is 0.309 e. The van der Waals surface area contributed by atoms with Crippen molar-refractivity contribution in [2.75, 3.05) is 0 Å². The molecule has 0 amide bonds. The summed E-state index contributed by atoms with van der Waals surface area (Å²) < 4.78 is 10.4. The highest BCUT2D eigenvalue weighted by molar-refractivity contribution is 7.26. The Morgan fingerprint density at radius 3 is 1.52 bits per heavy atom. The Kier molecular flexibility index (Phi) is 7.28. The molecule has 0 aliphatic carbocycles. The summed E-state index contributed by atoms with van der Waals surface area (Å²) in [5.74, 6) is 0. The van der Waals surface area contributed by atoms with Crippen molar-refractivity contribution in [1.29, 1.82) is 0 Å². The van der Waals surface area contributed by atoms with E-state index in [1.54, 1.807) is 0 Å². The molecule has 0 unspecified atom stereocenters. The van der Waals surface area contributed by atoms with Crippen LogP contribution in [-0.4, -0.2) is 13.4 Å². The number of hydrogen-bond donors (Lipinski definition) is 0. The van der Waals surface area contributed by atoms with Gasteiger partial charge < -0.3 is 13.4 Å². The molecule has 66 heavy (non-hydrogen) atoms. The molecular weight excluding hydrogens is 819 g/mol. The van der Waals surface area contributed by atoms with E-state index in [2.05, 4.69) is 221 Å². The van der Waals surface area contributed by atoms with Crippen molar-refractivity contribution >= 4 is 119 Å². The summed E-state index contributed by atoms with van der Waals surface area (Å²) in [7, 11) is 0. The Morgan fingerprint density at radius 1 is 0.348 bits per heavy atom. The number of aromatic nitrogens is 3. The van der Waals surface area contributed by atoms with E-state index < -0.39 is 0 Å². The predicted octanol–water partition coefficient (Wildman–Crippen LogP) is 17.9. The number of thiophene rings is 1. The second kappa shape index (κ2) is 12.5. The van der Waals surface area contributed by atoms with Crippen molar-refractivity contribution in [2.45, 2.75) is 78.6 Å². The molecule has 0 radical (unpaired) electrons. The highest BCUT2D eigenvalue weighted by Gasteiger charge is 2.30. The second-order valence-corrected chi connectivity index (χ2v) is 23.3. The minimum atomic E-state index is -0.0652. The van der Waals surface area contributed by atoms with Gasteiger partial charge in [-0.05, 0) is 123 Å². The van der Waals surface area contributed by atoms with Crippen LogP contribution in [-0.2, 0) is 16.2 Å². The Balaban J connectivity index is 1.17. The quantitative estimate of drug-likeness (QED) is 0.164. The lowest BCUT2D eigenvalue weighted by Gasteiger charge is -2.22. The van der Waals surface area contributed by atoms with Crippen LogP contribution in [0.15, 0.2) is 146 Å². The summed E-state index contributed by atoms with van der Waals surface area (Å²) in [4.78, 5) is 0. The number of fused-ring (bicyclic) bond motifs is 17. The number of hydrogen-bond acceptors (Lipinski definition) is 1. The van der Waals surface area contributed by atoms with Gasteiger partial charge in [0.25, 0.3) is 0 Å². The SMILES string of the molecule is CC(C)(C)c1cc(-c2ccc3c(c2)c2ccccc2n3-c2ccccc2)c2c(c1)c1cc(C(C)(C)C)cc3c4cc5c6cc(C(C)(C)C)cc7c8sc9ccccc9c8n(c5cc4n2c31)c67. The molecule has 0 aliphatic rings. The molecule has 6 aromatic heterocycles. The third kappa shape index (κ3) is 4.98. The van der Waals surface area contributed by atoms with Gasteiger partial charge in [-0.25, -0.2) is 0 Å². The number of para-hydroxylation sites is 2. The minimum absolute atomic E-state index is 0.00150. The van der Waals surface area contributed by atoms with E-state index in [9.17, 15) is 0 Å². The van der Waals surface area contributed by atoms with E-state index in [1.165, 1.54) is 141 Å². The first-order valence-electron chi connectivity index (χ1n) is 23.6. The molecule has 0 saturated carbocycles. The molecule has 3 nitrogen and oxygen atoms in total. The van der Waals surface area contributed by atoms with Gasteiger partial charge in [0.1, 0.15) is 0 Å². The van der Waals surface area contributed by atoms with Gasteiger partial charge >= 0.3 is 0 Å². The Bertz CT molecular complexity index is 4370. The zero-order valence-electron chi connectivity index (χ0n) is 39.1. The molecule has 4 heteroatoms. The molecule has 0 N–H and O–H groups in total. The van der Waals surface area contributed by atoms with E-state index in [0.29, 0.717) is 0 Å². The van der Waals surface area contributed by atoms with Crippen LogP contribution >= 0.6 is 11.3 Å². The van der Waals surface area contributed by atoms with E-state index in [0.717, 1.165) is 0 Å². The van der Waals surface area contributed by atoms with Gasteiger partial charge in [0.05, 0.1) is 48.8 Å². The van der Waals surface area contributed by atoms with Crippen LogP contribution in [0.4, 0.5) is 0 Å². The highest BCUT2D eigenvalue weighted by atomic mass is 32.1. The van der Waals surface area contributed by atoms with Crippen LogP contribution < -0.4 is 0 Å². The van der Waals surface area contributed by atoms with Crippen LogP contribution in [0.3, 0.4) is 0 Å². The maximum Gasteiger partial charge on any atom is 0.0728 e. The van der Waals surface area contributed by atoms with Gasteiger partial charge in [0, 0.05) is 69.8 Å².